The van der Waals surface area contributed by atoms with Crippen LogP contribution in [0, 0.1) is 4.91 Å². The molecule has 0 aromatic rings. The first-order valence-corrected chi connectivity index (χ1v) is 4.93. The summed E-state index contributed by atoms with van der Waals surface area (Å²) in [6.45, 7) is 0. The molecule has 0 saturated carbocycles. The predicted octanol–water partition coefficient (Wildman–Crippen LogP) is 1.70. The second kappa shape index (κ2) is 21.4. The van der Waals surface area contributed by atoms with Gasteiger partial charge in [-0.15, -0.1) is 0 Å². The van der Waals surface area contributed by atoms with Gasteiger partial charge in [0.15, 0.2) is 0 Å². The van der Waals surface area contributed by atoms with Crippen LogP contribution in [-0.4, -0.2) is 0 Å². The summed E-state index contributed by atoms with van der Waals surface area (Å²) >= 11 is -0.346. The van der Waals surface area contributed by atoms with Crippen LogP contribution in [0.3, 0.4) is 0 Å². The van der Waals surface area contributed by atoms with Gasteiger partial charge in [0.05, 0.1) is 0 Å². The molecule has 0 atom stereocenters. The van der Waals surface area contributed by atoms with Crippen molar-refractivity contribution in [3.63, 3.8) is 0 Å². The SMILES string of the molecule is [Cl][Ru+2][Cl].[N-]=O. The summed E-state index contributed by atoms with van der Waals surface area (Å²) in [6, 6.07) is 0. The topological polar surface area (TPSA) is 39.4 Å². The molecule has 0 rings (SSSR count). The zero-order chi connectivity index (χ0) is 4.71. The van der Waals surface area contributed by atoms with Crippen molar-refractivity contribution in [2.75, 3.05) is 0 Å². The number of nitrogens with zero attached hydrogens (tertiary/aromatic N) is 1. The van der Waals surface area contributed by atoms with E-state index in [1.54, 1.807) is 0 Å². The van der Waals surface area contributed by atoms with Crippen molar-refractivity contribution in [2.24, 2.45) is 0 Å². The Labute approximate surface area is 45.3 Å². The summed E-state index contributed by atoms with van der Waals surface area (Å²) in [7, 11) is 9.71. The Bertz CT molecular complexity index is 13.6. The van der Waals surface area contributed by atoms with E-state index in [0.717, 1.165) is 0 Å². The standard InChI is InChI=1S/2ClH.NO.Ru/c;;1-2;/h2*1H;;/q;;-1;+4/p-2. The van der Waals surface area contributed by atoms with Gasteiger partial charge in [-0.2, -0.15) is 0 Å². The van der Waals surface area contributed by atoms with Gasteiger partial charge in [-0.25, -0.2) is 0 Å². The Balaban J connectivity index is 0. The van der Waals surface area contributed by atoms with Crippen molar-refractivity contribution in [2.45, 2.75) is 0 Å². The van der Waals surface area contributed by atoms with Gasteiger partial charge < -0.3 is 10.5 Å². The van der Waals surface area contributed by atoms with Crippen molar-refractivity contribution in [1.29, 1.82) is 0 Å². The van der Waals surface area contributed by atoms with Crippen LogP contribution in [0.2, 0.25) is 0 Å². The minimum absolute atomic E-state index is 0.346. The Kier molecular flexibility index (Phi) is 39.6. The third kappa shape index (κ3) is 58.5. The molecular formula is Cl2NORu+. The van der Waals surface area contributed by atoms with Crippen LogP contribution in [0.1, 0.15) is 0 Å². The van der Waals surface area contributed by atoms with Gasteiger partial charge in [0.2, 0.25) is 0 Å². The average Bonchev–Trinajstić information content (AvgIpc) is 1.46. The van der Waals surface area contributed by atoms with Crippen molar-refractivity contribution in [3.8, 4) is 0 Å². The Morgan fingerprint density at radius 1 is 1.40 bits per heavy atom. The van der Waals surface area contributed by atoms with Crippen molar-refractivity contribution < 1.29 is 15.1 Å². The zero-order valence-corrected chi connectivity index (χ0v) is 5.21. The molecule has 2 nitrogen and oxygen atoms in total. The van der Waals surface area contributed by atoms with Gasteiger partial charge in [-0.3, -0.25) is 0 Å². The first-order chi connectivity index (χ1) is 2.41. The van der Waals surface area contributed by atoms with E-state index in [9.17, 15) is 0 Å². The van der Waals surface area contributed by atoms with E-state index in [0.29, 0.717) is 0 Å². The van der Waals surface area contributed by atoms with Crippen LogP contribution in [0.25, 0.3) is 5.59 Å². The molecular weight excluding hydrogens is 202 g/mol. The molecule has 0 fully saturated rings. The fourth-order valence-corrected chi connectivity index (χ4v) is 0. The number of nitroso groups, excluding NO2 is 1. The molecule has 0 aliphatic heterocycles. The average molecular weight is 202 g/mol. The Morgan fingerprint density at radius 2 is 1.40 bits per heavy atom. The van der Waals surface area contributed by atoms with Gasteiger partial charge in [0, 0.05) is 0 Å². The summed E-state index contributed by atoms with van der Waals surface area (Å²) in [4.78, 5) is 7.25. The fraction of sp³-hybridized carbons (Fsp3) is 0. The van der Waals surface area contributed by atoms with E-state index in [1.165, 1.54) is 0 Å². The van der Waals surface area contributed by atoms with Gasteiger partial charge in [0.1, 0.15) is 0 Å². The first kappa shape index (κ1) is 9.26. The van der Waals surface area contributed by atoms with E-state index >= 15 is 0 Å². The van der Waals surface area contributed by atoms with Crippen LogP contribution < -0.4 is 0 Å². The van der Waals surface area contributed by atoms with Crippen molar-refractivity contribution >= 4 is 19.4 Å². The minimum Gasteiger partial charge on any atom is -0.577 e. The summed E-state index contributed by atoms with van der Waals surface area (Å²) in [6.07, 6.45) is 0. The molecule has 0 spiro atoms. The molecule has 0 bridgehead atoms. The van der Waals surface area contributed by atoms with Crippen LogP contribution >= 0.6 is 19.4 Å². The normalized spacial score (nSPS) is 4.40. The first-order valence-electron chi connectivity index (χ1n) is 0.450. The summed E-state index contributed by atoms with van der Waals surface area (Å²) in [5, 5.41) is 0. The second-order valence-corrected chi connectivity index (χ2v) is 2.69. The smallest absolute Gasteiger partial charge is 0.423 e. The summed E-state index contributed by atoms with van der Waals surface area (Å²) < 4.78 is 0. The van der Waals surface area contributed by atoms with Gasteiger partial charge in [-0.1, -0.05) is 0 Å². The third-order valence-electron chi connectivity index (χ3n) is 0. The monoisotopic (exact) mass is 202 g/mol. The maximum atomic E-state index is 7.25. The van der Waals surface area contributed by atoms with Crippen molar-refractivity contribution in [1.82, 2.24) is 0 Å². The van der Waals surface area contributed by atoms with Crippen LogP contribution in [0.4, 0.5) is 0 Å². The molecule has 5 heteroatoms. The van der Waals surface area contributed by atoms with Gasteiger partial charge in [0.25, 0.3) is 0 Å². The molecule has 0 N–H and O–H groups in total. The van der Waals surface area contributed by atoms with E-state index < -0.39 is 0 Å². The zero-order valence-electron chi connectivity index (χ0n) is 1.96. The number of rotatable bonds is 0. The van der Waals surface area contributed by atoms with Gasteiger partial charge >= 0.3 is 34.5 Å². The van der Waals surface area contributed by atoms with Crippen LogP contribution in [0.5, 0.6) is 0 Å². The molecule has 0 heterocycles. The van der Waals surface area contributed by atoms with Crippen LogP contribution in [0.15, 0.2) is 0 Å². The van der Waals surface area contributed by atoms with Gasteiger partial charge in [-0.05, 0) is 0 Å². The Morgan fingerprint density at radius 3 is 1.40 bits per heavy atom. The fourth-order valence-electron chi connectivity index (χ4n) is 0. The molecule has 0 radical (unpaired) electrons. The largest absolute Gasteiger partial charge is 0.577 e. The number of hydrogen-bond acceptors (Lipinski definition) is 1. The molecule has 32 valence electrons. The second-order valence-electron chi connectivity index (χ2n) is 0.0505. The molecule has 0 unspecified atom stereocenters. The molecule has 0 aliphatic rings. The molecule has 0 aromatic carbocycles. The van der Waals surface area contributed by atoms with E-state index in [2.05, 4.69) is 0 Å². The van der Waals surface area contributed by atoms with Crippen molar-refractivity contribution in [3.05, 3.63) is 10.5 Å². The molecule has 0 aromatic heterocycles. The maximum absolute atomic E-state index is 7.25. The molecule has 0 aliphatic carbocycles. The Hall–Kier alpha value is 0.803. The number of hydrogen-bond donors (Lipinski definition) is 0. The summed E-state index contributed by atoms with van der Waals surface area (Å²) in [5.74, 6) is 0. The summed E-state index contributed by atoms with van der Waals surface area (Å²) in [5.41, 5.74) is 5.75. The van der Waals surface area contributed by atoms with Crippen LogP contribution in [-0.2, 0) is 15.1 Å². The third-order valence-corrected chi connectivity index (χ3v) is 0. The number of halogens is 2. The molecule has 0 saturated heterocycles. The van der Waals surface area contributed by atoms with E-state index in [-0.39, 0.29) is 15.1 Å². The van der Waals surface area contributed by atoms with E-state index in [4.69, 9.17) is 29.9 Å². The predicted molar refractivity (Wildman–Crippen MR) is 18.4 cm³/mol. The molecule has 5 heavy (non-hydrogen) atoms. The van der Waals surface area contributed by atoms with E-state index in [1.807, 2.05) is 0 Å². The quantitative estimate of drug-likeness (QED) is 0.551. The minimum atomic E-state index is -0.346. The maximum Gasteiger partial charge on any atom is -0.423 e. The molecule has 0 amide bonds.